The van der Waals surface area contributed by atoms with E-state index in [9.17, 15) is 9.59 Å². The van der Waals surface area contributed by atoms with Crippen molar-refractivity contribution in [3.05, 3.63) is 23.8 Å². The molecule has 2 N–H and O–H groups in total. The Hall–Kier alpha value is -2.24. The molecule has 6 heteroatoms. The molecule has 1 fully saturated rings. The van der Waals surface area contributed by atoms with Crippen molar-refractivity contribution in [2.75, 3.05) is 13.2 Å². The highest BCUT2D eigenvalue weighted by Crippen LogP contribution is 2.33. The van der Waals surface area contributed by atoms with Crippen LogP contribution in [0.3, 0.4) is 0 Å². The van der Waals surface area contributed by atoms with Crippen LogP contribution in [0.2, 0.25) is 0 Å². The fourth-order valence-electron chi connectivity index (χ4n) is 2.34. The molecule has 2 aliphatic rings. The summed E-state index contributed by atoms with van der Waals surface area (Å²) in [4.78, 5) is 23.4. The number of carboxylic acid groups (broad SMARTS) is 1. The first-order chi connectivity index (χ1) is 10.1. The zero-order chi connectivity index (χ0) is 14.8. The van der Waals surface area contributed by atoms with Crippen molar-refractivity contribution in [1.82, 2.24) is 5.32 Å². The number of benzene rings is 1. The summed E-state index contributed by atoms with van der Waals surface area (Å²) in [5.41, 5.74) is 0.381. The summed E-state index contributed by atoms with van der Waals surface area (Å²) < 4.78 is 11.0. The quantitative estimate of drug-likeness (QED) is 0.877. The number of aliphatic carboxylic acids is 1. The second-order valence-electron chi connectivity index (χ2n) is 5.34. The molecule has 0 bridgehead atoms. The lowest BCUT2D eigenvalue weighted by Crippen LogP contribution is -2.42. The highest BCUT2D eigenvalue weighted by molar-refractivity contribution is 5.97. The zero-order valence-corrected chi connectivity index (χ0v) is 11.5. The Labute approximate surface area is 122 Å². The molecule has 1 aliphatic heterocycles. The van der Waals surface area contributed by atoms with Crippen molar-refractivity contribution < 1.29 is 24.2 Å². The Balaban J connectivity index is 1.75. The fraction of sp³-hybridized carbons (Fsp3) is 0.467. The van der Waals surface area contributed by atoms with Crippen LogP contribution in [0, 0.1) is 5.92 Å². The Morgan fingerprint density at radius 1 is 1.19 bits per heavy atom. The molecule has 3 rings (SSSR count). The van der Waals surface area contributed by atoms with E-state index in [1.54, 1.807) is 18.2 Å². The maximum Gasteiger partial charge on any atom is 0.326 e. The fourth-order valence-corrected chi connectivity index (χ4v) is 2.34. The molecule has 6 nitrogen and oxygen atoms in total. The van der Waals surface area contributed by atoms with Gasteiger partial charge in [0.05, 0.1) is 13.2 Å². The molecule has 21 heavy (non-hydrogen) atoms. The molecule has 1 aliphatic carbocycles. The molecule has 0 spiro atoms. The molecule has 1 aromatic carbocycles. The van der Waals surface area contributed by atoms with Gasteiger partial charge in [0.15, 0.2) is 11.5 Å². The first-order valence-corrected chi connectivity index (χ1v) is 7.08. The van der Waals surface area contributed by atoms with Crippen molar-refractivity contribution in [3.63, 3.8) is 0 Å². The molecule has 1 saturated carbocycles. The zero-order valence-electron chi connectivity index (χ0n) is 11.5. The number of rotatable bonds is 4. The Kier molecular flexibility index (Phi) is 3.68. The van der Waals surface area contributed by atoms with Crippen LogP contribution in [0.5, 0.6) is 11.5 Å². The van der Waals surface area contributed by atoms with E-state index in [1.807, 2.05) is 0 Å². The standard InChI is InChI=1S/C15H17NO5/c17-14(16-13(15(18)19)9-2-3-9)10-4-5-11-12(8-10)21-7-1-6-20-11/h4-5,8-9,13H,1-3,6-7H2,(H,16,17)(H,18,19). The SMILES string of the molecule is O=C(NC(C(=O)O)C1CC1)c1ccc2c(c1)OCCCO2. The molecule has 1 amide bonds. The number of amides is 1. The van der Waals surface area contributed by atoms with Crippen molar-refractivity contribution >= 4 is 11.9 Å². The minimum Gasteiger partial charge on any atom is -0.490 e. The molecule has 0 saturated heterocycles. The lowest BCUT2D eigenvalue weighted by Gasteiger charge is -2.14. The number of ether oxygens (including phenoxy) is 2. The molecule has 1 atom stereocenters. The predicted octanol–water partition coefficient (Wildman–Crippen LogP) is 1.44. The third-order valence-electron chi connectivity index (χ3n) is 3.66. The van der Waals surface area contributed by atoms with E-state index in [0.717, 1.165) is 19.3 Å². The van der Waals surface area contributed by atoms with Gasteiger partial charge in [-0.2, -0.15) is 0 Å². The van der Waals surface area contributed by atoms with Gasteiger partial charge in [0, 0.05) is 12.0 Å². The summed E-state index contributed by atoms with van der Waals surface area (Å²) in [5, 5.41) is 11.7. The highest BCUT2D eigenvalue weighted by atomic mass is 16.5. The average Bonchev–Trinajstić information content (AvgIpc) is 3.29. The number of carbonyl (C=O) groups excluding carboxylic acids is 1. The molecular weight excluding hydrogens is 274 g/mol. The lowest BCUT2D eigenvalue weighted by atomic mass is 10.1. The minimum absolute atomic E-state index is 0.0480. The molecule has 112 valence electrons. The van der Waals surface area contributed by atoms with E-state index < -0.39 is 17.9 Å². The Morgan fingerprint density at radius 3 is 2.57 bits per heavy atom. The number of fused-ring (bicyclic) bond motifs is 1. The van der Waals surface area contributed by atoms with Gasteiger partial charge in [0.2, 0.25) is 0 Å². The van der Waals surface area contributed by atoms with Gasteiger partial charge in [-0.15, -0.1) is 0 Å². The van der Waals surface area contributed by atoms with Crippen LogP contribution < -0.4 is 14.8 Å². The smallest absolute Gasteiger partial charge is 0.326 e. The van der Waals surface area contributed by atoms with Gasteiger partial charge in [0.1, 0.15) is 6.04 Å². The van der Waals surface area contributed by atoms with Crippen molar-refractivity contribution in [2.45, 2.75) is 25.3 Å². The topological polar surface area (TPSA) is 84.9 Å². The molecule has 1 aromatic rings. The van der Waals surface area contributed by atoms with Crippen LogP contribution in [0.1, 0.15) is 29.6 Å². The van der Waals surface area contributed by atoms with Crippen molar-refractivity contribution in [3.8, 4) is 11.5 Å². The number of carbonyl (C=O) groups is 2. The highest BCUT2D eigenvalue weighted by Gasteiger charge is 2.37. The number of nitrogens with one attached hydrogen (secondary N) is 1. The first kappa shape index (κ1) is 13.7. The summed E-state index contributed by atoms with van der Waals surface area (Å²) in [7, 11) is 0. The summed E-state index contributed by atoms with van der Waals surface area (Å²) >= 11 is 0. The van der Waals surface area contributed by atoms with Gasteiger partial charge in [0.25, 0.3) is 5.91 Å². The molecule has 1 unspecified atom stereocenters. The van der Waals surface area contributed by atoms with Gasteiger partial charge >= 0.3 is 5.97 Å². The largest absolute Gasteiger partial charge is 0.490 e. The summed E-state index contributed by atoms with van der Waals surface area (Å²) in [6, 6.07) is 4.09. The van der Waals surface area contributed by atoms with Gasteiger partial charge in [-0.05, 0) is 37.0 Å². The number of hydrogen-bond donors (Lipinski definition) is 2. The maximum atomic E-state index is 12.2. The van der Waals surface area contributed by atoms with Crippen LogP contribution in [0.4, 0.5) is 0 Å². The molecule has 0 aromatic heterocycles. The minimum atomic E-state index is -0.986. The molecule has 0 radical (unpaired) electrons. The normalized spacial score (nSPS) is 18.5. The van der Waals surface area contributed by atoms with E-state index in [2.05, 4.69) is 5.32 Å². The molecular formula is C15H17NO5. The molecule has 1 heterocycles. The summed E-state index contributed by atoms with van der Waals surface area (Å²) in [5.74, 6) is -0.198. The van der Waals surface area contributed by atoms with Crippen LogP contribution in [0.15, 0.2) is 18.2 Å². The van der Waals surface area contributed by atoms with Crippen LogP contribution in [0.25, 0.3) is 0 Å². The lowest BCUT2D eigenvalue weighted by molar-refractivity contribution is -0.139. The van der Waals surface area contributed by atoms with E-state index in [0.29, 0.717) is 30.3 Å². The average molecular weight is 291 g/mol. The first-order valence-electron chi connectivity index (χ1n) is 7.08. The number of hydrogen-bond acceptors (Lipinski definition) is 4. The number of carboxylic acids is 1. The predicted molar refractivity (Wildman–Crippen MR) is 73.7 cm³/mol. The summed E-state index contributed by atoms with van der Waals surface area (Å²) in [6.07, 6.45) is 2.48. The monoisotopic (exact) mass is 291 g/mol. The Bertz CT molecular complexity index is 567. The van der Waals surface area contributed by atoms with Crippen molar-refractivity contribution in [2.24, 2.45) is 5.92 Å². The Morgan fingerprint density at radius 2 is 1.90 bits per heavy atom. The second-order valence-corrected chi connectivity index (χ2v) is 5.34. The van der Waals surface area contributed by atoms with E-state index in [4.69, 9.17) is 14.6 Å². The van der Waals surface area contributed by atoms with Gasteiger partial charge < -0.3 is 19.9 Å². The maximum absolute atomic E-state index is 12.2. The third-order valence-corrected chi connectivity index (χ3v) is 3.66. The van der Waals surface area contributed by atoms with Gasteiger partial charge in [-0.25, -0.2) is 4.79 Å². The van der Waals surface area contributed by atoms with Crippen LogP contribution in [-0.4, -0.2) is 36.2 Å². The van der Waals surface area contributed by atoms with Gasteiger partial charge in [-0.1, -0.05) is 0 Å². The third kappa shape index (κ3) is 3.09. The van der Waals surface area contributed by atoms with Crippen molar-refractivity contribution in [1.29, 1.82) is 0 Å². The second kappa shape index (κ2) is 5.63. The van der Waals surface area contributed by atoms with Crippen LogP contribution in [-0.2, 0) is 4.79 Å². The van der Waals surface area contributed by atoms with Gasteiger partial charge in [-0.3, -0.25) is 4.79 Å². The summed E-state index contributed by atoms with van der Waals surface area (Å²) in [6.45, 7) is 1.12. The van der Waals surface area contributed by atoms with E-state index in [1.165, 1.54) is 0 Å². The van der Waals surface area contributed by atoms with E-state index >= 15 is 0 Å². The van der Waals surface area contributed by atoms with Crippen LogP contribution >= 0.6 is 0 Å². The van der Waals surface area contributed by atoms with E-state index in [-0.39, 0.29) is 5.92 Å².